The summed E-state index contributed by atoms with van der Waals surface area (Å²) in [5.74, 6) is 1.18. The van der Waals surface area contributed by atoms with Crippen LogP contribution in [0.4, 0.5) is 26.3 Å². The van der Waals surface area contributed by atoms with Crippen LogP contribution in [0.15, 0.2) is 186 Å². The van der Waals surface area contributed by atoms with Crippen molar-refractivity contribution in [2.45, 2.75) is 12.4 Å². The molecule has 11 rings (SSSR count). The van der Waals surface area contributed by atoms with Gasteiger partial charge in [-0.3, -0.25) is 0 Å². The standard InChI is InChI=1S/C53H30F6N4O/c54-52(55,56)35-24-26-36(42(30-35)53(57,58)59)34-22-25-39-38-16-7-9-19-43(38)63(45(39)29-34)44-27-23-33(37-18-11-21-47-48(37)40-17-8-10-20-46(40)64-47)28-41(44)51-61-49(31-12-3-1-4-13-31)60-50(62-51)32-14-5-2-6-15-32/h1-30H. The van der Waals surface area contributed by atoms with Crippen molar-refractivity contribution in [1.29, 1.82) is 0 Å². The van der Waals surface area contributed by atoms with Crippen LogP contribution >= 0.6 is 0 Å². The third-order valence-electron chi connectivity index (χ3n) is 11.5. The van der Waals surface area contributed by atoms with E-state index in [1.54, 1.807) is 12.1 Å². The summed E-state index contributed by atoms with van der Waals surface area (Å²) < 4.78 is 93.4. The van der Waals surface area contributed by atoms with Gasteiger partial charge in [0.15, 0.2) is 17.5 Å². The predicted molar refractivity (Wildman–Crippen MR) is 239 cm³/mol. The molecule has 3 aromatic heterocycles. The van der Waals surface area contributed by atoms with Crippen LogP contribution in [0.3, 0.4) is 0 Å². The van der Waals surface area contributed by atoms with Crippen molar-refractivity contribution in [3.63, 3.8) is 0 Å². The summed E-state index contributed by atoms with van der Waals surface area (Å²) in [5.41, 5.74) is 4.04. The summed E-state index contributed by atoms with van der Waals surface area (Å²) >= 11 is 0. The smallest absolute Gasteiger partial charge is 0.417 e. The average molecular weight is 853 g/mol. The van der Waals surface area contributed by atoms with Crippen LogP contribution in [0.5, 0.6) is 0 Å². The molecule has 64 heavy (non-hydrogen) atoms. The Morgan fingerprint density at radius 3 is 1.69 bits per heavy atom. The first-order valence-electron chi connectivity index (χ1n) is 20.2. The van der Waals surface area contributed by atoms with Crippen LogP contribution < -0.4 is 0 Å². The van der Waals surface area contributed by atoms with E-state index < -0.39 is 23.5 Å². The monoisotopic (exact) mass is 852 g/mol. The molecule has 0 aliphatic rings. The summed E-state index contributed by atoms with van der Waals surface area (Å²) in [6.45, 7) is 0. The summed E-state index contributed by atoms with van der Waals surface area (Å²) in [7, 11) is 0. The summed E-state index contributed by atoms with van der Waals surface area (Å²) in [6.07, 6.45) is -10.0. The molecule has 0 amide bonds. The largest absolute Gasteiger partial charge is 0.456 e. The van der Waals surface area contributed by atoms with Crippen molar-refractivity contribution in [2.75, 3.05) is 0 Å². The van der Waals surface area contributed by atoms with E-state index in [0.29, 0.717) is 45.9 Å². The average Bonchev–Trinajstić information content (AvgIpc) is 3.87. The number of rotatable bonds is 6. The number of benzene rings is 8. The van der Waals surface area contributed by atoms with Gasteiger partial charge in [0.25, 0.3) is 0 Å². The molecule has 0 N–H and O–H groups in total. The second-order valence-corrected chi connectivity index (χ2v) is 15.4. The second-order valence-electron chi connectivity index (χ2n) is 15.4. The minimum atomic E-state index is -5.07. The van der Waals surface area contributed by atoms with Crippen molar-refractivity contribution in [3.05, 3.63) is 193 Å². The zero-order chi connectivity index (χ0) is 43.7. The molecule has 0 saturated heterocycles. The highest BCUT2D eigenvalue weighted by atomic mass is 19.4. The third kappa shape index (κ3) is 6.64. The van der Waals surface area contributed by atoms with E-state index >= 15 is 0 Å². The van der Waals surface area contributed by atoms with Crippen molar-refractivity contribution < 1.29 is 30.8 Å². The molecular weight excluding hydrogens is 823 g/mol. The molecule has 310 valence electrons. The Morgan fingerprint density at radius 2 is 0.984 bits per heavy atom. The highest BCUT2D eigenvalue weighted by Crippen LogP contribution is 2.45. The Labute approximate surface area is 360 Å². The van der Waals surface area contributed by atoms with Crippen LogP contribution in [0.2, 0.25) is 0 Å². The van der Waals surface area contributed by atoms with Gasteiger partial charge in [0.05, 0.1) is 27.8 Å². The Bertz CT molecular complexity index is 3540. The molecule has 0 spiro atoms. The van der Waals surface area contributed by atoms with Gasteiger partial charge in [0.1, 0.15) is 11.2 Å². The van der Waals surface area contributed by atoms with Crippen LogP contribution in [0, 0.1) is 0 Å². The zero-order valence-corrected chi connectivity index (χ0v) is 33.3. The molecule has 3 heterocycles. The Balaban J connectivity index is 1.22. The number of halogens is 6. The number of nitrogens with zero attached hydrogens (tertiary/aromatic N) is 4. The van der Waals surface area contributed by atoms with E-state index in [0.717, 1.165) is 61.0 Å². The molecular formula is C53H30F6N4O. The van der Waals surface area contributed by atoms with Crippen LogP contribution in [-0.4, -0.2) is 19.5 Å². The van der Waals surface area contributed by atoms with Gasteiger partial charge < -0.3 is 8.98 Å². The molecule has 0 bridgehead atoms. The summed E-state index contributed by atoms with van der Waals surface area (Å²) in [6, 6.07) is 52.9. The van der Waals surface area contributed by atoms with E-state index in [-0.39, 0.29) is 17.2 Å². The van der Waals surface area contributed by atoms with Gasteiger partial charge in [-0.25, -0.2) is 15.0 Å². The lowest BCUT2D eigenvalue weighted by molar-refractivity contribution is -0.142. The van der Waals surface area contributed by atoms with Gasteiger partial charge in [-0.1, -0.05) is 133 Å². The van der Waals surface area contributed by atoms with E-state index in [1.165, 1.54) is 6.07 Å². The number of hydrogen-bond acceptors (Lipinski definition) is 4. The maximum atomic E-state index is 14.6. The minimum Gasteiger partial charge on any atom is -0.456 e. The number of furan rings is 1. The topological polar surface area (TPSA) is 56.7 Å². The fourth-order valence-electron chi connectivity index (χ4n) is 8.63. The quantitative estimate of drug-likeness (QED) is 0.156. The summed E-state index contributed by atoms with van der Waals surface area (Å²) in [5, 5.41) is 3.38. The second kappa shape index (κ2) is 14.8. The van der Waals surface area contributed by atoms with Crippen LogP contribution in [0.1, 0.15) is 11.1 Å². The molecule has 0 unspecified atom stereocenters. The first-order valence-corrected chi connectivity index (χ1v) is 20.2. The number of para-hydroxylation sites is 2. The van der Waals surface area contributed by atoms with Crippen LogP contribution in [-0.2, 0) is 12.4 Å². The Morgan fingerprint density at radius 1 is 0.391 bits per heavy atom. The van der Waals surface area contributed by atoms with Gasteiger partial charge in [-0.2, -0.15) is 26.3 Å². The molecule has 11 heteroatoms. The Kier molecular flexibility index (Phi) is 8.98. The highest BCUT2D eigenvalue weighted by molar-refractivity contribution is 6.13. The van der Waals surface area contributed by atoms with Crippen LogP contribution in [0.25, 0.3) is 106 Å². The lowest BCUT2D eigenvalue weighted by Gasteiger charge is -2.18. The van der Waals surface area contributed by atoms with E-state index in [1.807, 2.05) is 150 Å². The predicted octanol–water partition coefficient (Wildman–Crippen LogP) is 15.2. The molecule has 11 aromatic rings. The lowest BCUT2D eigenvalue weighted by atomic mass is 9.95. The fourth-order valence-corrected chi connectivity index (χ4v) is 8.63. The van der Waals surface area contributed by atoms with E-state index in [2.05, 4.69) is 0 Å². The highest BCUT2D eigenvalue weighted by Gasteiger charge is 2.38. The maximum absolute atomic E-state index is 14.6. The third-order valence-corrected chi connectivity index (χ3v) is 11.5. The molecule has 0 atom stereocenters. The summed E-state index contributed by atoms with van der Waals surface area (Å²) in [4.78, 5) is 15.2. The van der Waals surface area contributed by atoms with Gasteiger partial charge in [-0.05, 0) is 70.8 Å². The minimum absolute atomic E-state index is 0.0900. The molecule has 0 aliphatic carbocycles. The van der Waals surface area contributed by atoms with E-state index in [9.17, 15) is 26.3 Å². The Hall–Kier alpha value is -8.05. The normalized spacial score (nSPS) is 12.2. The number of alkyl halides is 6. The molecule has 0 aliphatic heterocycles. The molecule has 0 radical (unpaired) electrons. The first-order chi connectivity index (χ1) is 31.0. The fraction of sp³-hybridized carbons (Fsp3) is 0.0377. The number of aromatic nitrogens is 4. The van der Waals surface area contributed by atoms with E-state index in [4.69, 9.17) is 19.4 Å². The number of fused-ring (bicyclic) bond motifs is 6. The molecule has 8 aromatic carbocycles. The van der Waals surface area contributed by atoms with Gasteiger partial charge in [0, 0.05) is 38.2 Å². The molecule has 5 nitrogen and oxygen atoms in total. The SMILES string of the molecule is FC(F)(F)c1ccc(-c2ccc3c4ccccc4n(-c4ccc(-c5cccc6oc7ccccc7c56)cc4-c4nc(-c5ccccc5)nc(-c5ccccc5)n4)c3c2)c(C(F)(F)F)c1. The first kappa shape index (κ1) is 38.8. The number of hydrogen-bond donors (Lipinski definition) is 0. The molecule has 0 saturated carbocycles. The van der Waals surface area contributed by atoms with Gasteiger partial charge in [0.2, 0.25) is 0 Å². The van der Waals surface area contributed by atoms with Crippen molar-refractivity contribution >= 4 is 43.7 Å². The van der Waals surface area contributed by atoms with Crippen molar-refractivity contribution in [2.24, 2.45) is 0 Å². The van der Waals surface area contributed by atoms with Crippen molar-refractivity contribution in [1.82, 2.24) is 19.5 Å². The maximum Gasteiger partial charge on any atom is 0.417 e. The molecule has 0 fully saturated rings. The van der Waals surface area contributed by atoms with Crippen molar-refractivity contribution in [3.8, 4) is 62.1 Å². The van der Waals surface area contributed by atoms with Gasteiger partial charge >= 0.3 is 12.4 Å². The zero-order valence-electron chi connectivity index (χ0n) is 33.3. The van der Waals surface area contributed by atoms with Gasteiger partial charge in [-0.15, -0.1) is 0 Å². The lowest BCUT2D eigenvalue weighted by Crippen LogP contribution is -2.12.